The lowest BCUT2D eigenvalue weighted by atomic mass is 9.47. The van der Waals surface area contributed by atoms with E-state index in [1.54, 1.807) is 55.6 Å². The number of aromatic nitrogens is 5. The van der Waals surface area contributed by atoms with Crippen molar-refractivity contribution in [3.8, 4) is 23.0 Å². The zero-order valence-corrected chi connectivity index (χ0v) is 33.3. The molecule has 60 heavy (non-hydrogen) atoms. The number of rotatable bonds is 9. The summed E-state index contributed by atoms with van der Waals surface area (Å²) < 4.78 is 21.7. The van der Waals surface area contributed by atoms with Crippen LogP contribution >= 0.6 is 0 Å². The van der Waals surface area contributed by atoms with Gasteiger partial charge < -0.3 is 23.9 Å². The Kier molecular flexibility index (Phi) is 9.29. The van der Waals surface area contributed by atoms with Gasteiger partial charge in [0.2, 0.25) is 0 Å². The number of phenols is 1. The third-order valence-electron chi connectivity index (χ3n) is 12.5. The molecule has 1 aliphatic heterocycles. The first kappa shape index (κ1) is 38.3. The fourth-order valence-corrected chi connectivity index (χ4v) is 9.71. The maximum Gasteiger partial charge on any atom is 0.347 e. The molecule has 6 aromatic rings. The van der Waals surface area contributed by atoms with Crippen LogP contribution in [-0.2, 0) is 41.6 Å². The summed E-state index contributed by atoms with van der Waals surface area (Å²) in [5.74, 6) is -1.43. The number of carbonyl (C=O) groups is 2. The molecule has 2 aliphatic carbocycles. The SMILES string of the molecule is COc1cc([C@H]2C3=CCn4c(=O)n(CCc5nc6cc(OC)c(OC)cc6n(C)c5=O)c(=O)n4[C@@H]3C[C@H]3C(=O)C(c4ccccc4)=CC(=O)[C@@]23c2ccccc2)ccc1O. The largest absolute Gasteiger partial charge is 0.504 e. The summed E-state index contributed by atoms with van der Waals surface area (Å²) in [6.07, 6.45) is 3.32. The molecule has 4 atom stereocenters. The van der Waals surface area contributed by atoms with Crippen molar-refractivity contribution in [3.63, 3.8) is 0 Å². The second kappa shape index (κ2) is 14.6. The Labute approximate surface area is 342 Å². The van der Waals surface area contributed by atoms with Gasteiger partial charge in [0.1, 0.15) is 5.69 Å². The van der Waals surface area contributed by atoms with Crippen molar-refractivity contribution in [3.05, 3.63) is 162 Å². The Morgan fingerprint density at radius 2 is 1.50 bits per heavy atom. The first-order valence-corrected chi connectivity index (χ1v) is 19.5. The number of benzene rings is 4. The normalized spacial score (nSPS) is 20.8. The molecule has 2 aromatic heterocycles. The average Bonchev–Trinajstić information content (AvgIpc) is 3.52. The second-order valence-electron chi connectivity index (χ2n) is 15.3. The third kappa shape index (κ3) is 5.61. The van der Waals surface area contributed by atoms with Crippen LogP contribution in [0.4, 0.5) is 0 Å². The summed E-state index contributed by atoms with van der Waals surface area (Å²) in [7, 11) is 6.04. The molecule has 0 saturated heterocycles. The van der Waals surface area contributed by atoms with E-state index in [0.29, 0.717) is 44.8 Å². The van der Waals surface area contributed by atoms with Gasteiger partial charge in [-0.3, -0.25) is 14.4 Å². The van der Waals surface area contributed by atoms with E-state index < -0.39 is 40.2 Å². The number of aryl methyl sites for hydroxylation is 2. The van der Waals surface area contributed by atoms with Crippen LogP contribution in [0.15, 0.2) is 123 Å². The van der Waals surface area contributed by atoms with Crippen LogP contribution in [-0.4, -0.2) is 61.5 Å². The smallest absolute Gasteiger partial charge is 0.347 e. The zero-order valence-electron chi connectivity index (χ0n) is 33.3. The molecule has 3 aliphatic rings. The molecular formula is C46H41N5O9. The third-order valence-corrected chi connectivity index (χ3v) is 12.5. The van der Waals surface area contributed by atoms with Crippen LogP contribution in [0.5, 0.6) is 23.0 Å². The van der Waals surface area contributed by atoms with E-state index in [1.165, 1.54) is 47.4 Å². The van der Waals surface area contributed by atoms with Crippen molar-refractivity contribution in [2.45, 2.75) is 43.3 Å². The summed E-state index contributed by atoms with van der Waals surface area (Å²) in [6, 6.07) is 25.6. The van der Waals surface area contributed by atoms with Crippen LogP contribution in [0.3, 0.4) is 0 Å². The van der Waals surface area contributed by atoms with Crippen molar-refractivity contribution in [1.82, 2.24) is 23.5 Å². The van der Waals surface area contributed by atoms with Crippen LogP contribution in [0.2, 0.25) is 0 Å². The molecule has 1 saturated carbocycles. The Hall–Kier alpha value is -7.22. The number of carbonyl (C=O) groups excluding carboxylic acids is 2. The number of allylic oxidation sites excluding steroid dienone is 4. The number of aromatic hydroxyl groups is 1. The van der Waals surface area contributed by atoms with Gasteiger partial charge in [-0.05, 0) is 46.9 Å². The molecule has 14 heteroatoms. The molecule has 0 spiro atoms. The van der Waals surface area contributed by atoms with E-state index in [4.69, 9.17) is 14.2 Å². The quantitative estimate of drug-likeness (QED) is 0.206. The summed E-state index contributed by atoms with van der Waals surface area (Å²) in [5.41, 5.74) is 0.813. The van der Waals surface area contributed by atoms with Crippen molar-refractivity contribution < 1.29 is 28.9 Å². The minimum Gasteiger partial charge on any atom is -0.504 e. The lowest BCUT2D eigenvalue weighted by molar-refractivity contribution is -0.133. The van der Waals surface area contributed by atoms with Crippen molar-refractivity contribution in [2.24, 2.45) is 13.0 Å². The number of Topliss-reactive ketones (excluding diaryl/α,β-unsaturated/α-hetero) is 1. The Bertz CT molecular complexity index is 2990. The van der Waals surface area contributed by atoms with Gasteiger partial charge in [-0.1, -0.05) is 72.8 Å². The van der Waals surface area contributed by atoms with Crippen LogP contribution < -0.4 is 31.1 Å². The number of hydrogen-bond acceptors (Lipinski definition) is 10. The lowest BCUT2D eigenvalue weighted by Crippen LogP contribution is -2.58. The van der Waals surface area contributed by atoms with Gasteiger partial charge in [0.05, 0.1) is 50.4 Å². The number of nitrogens with zero attached hydrogens (tertiary/aromatic N) is 5. The summed E-state index contributed by atoms with van der Waals surface area (Å²) in [5, 5.41) is 10.7. The minimum absolute atomic E-state index is 0.000972. The van der Waals surface area contributed by atoms with E-state index in [1.807, 2.05) is 42.5 Å². The van der Waals surface area contributed by atoms with Crippen LogP contribution in [0, 0.1) is 5.92 Å². The number of methoxy groups -OCH3 is 3. The molecule has 4 aromatic carbocycles. The minimum atomic E-state index is -1.47. The van der Waals surface area contributed by atoms with Gasteiger partial charge >= 0.3 is 11.4 Å². The molecular weight excluding hydrogens is 767 g/mol. The van der Waals surface area contributed by atoms with E-state index in [9.17, 15) is 19.5 Å². The summed E-state index contributed by atoms with van der Waals surface area (Å²) >= 11 is 0. The standard InChI is InChI=1S/C46H41N5O9/c1-48-35-25-39(60-4)38(59-3)24-33(35)47-32(43(48)55)18-19-49-44(56)50-20-17-29-34(51(50)45(49)57)23-31-42(54)30(26-11-7-5-8-12-26)22-40(53)46(31,28-13-9-6-10-14-28)41(29)27-15-16-36(52)37(21-27)58-2/h5-17,21-22,24-25,31,34,41,52H,18-20,23H2,1-4H3/t31-,34+,41-,46-/m0/s1. The molecule has 1 fully saturated rings. The zero-order chi connectivity index (χ0) is 42.0. The highest BCUT2D eigenvalue weighted by Gasteiger charge is 2.63. The van der Waals surface area contributed by atoms with Gasteiger partial charge in [-0.15, -0.1) is 0 Å². The van der Waals surface area contributed by atoms with Crippen molar-refractivity contribution in [1.29, 1.82) is 0 Å². The molecule has 9 rings (SSSR count). The summed E-state index contributed by atoms with van der Waals surface area (Å²) in [4.78, 5) is 77.5. The fourth-order valence-electron chi connectivity index (χ4n) is 9.71. The number of hydrogen-bond donors (Lipinski definition) is 1. The van der Waals surface area contributed by atoms with Crippen LogP contribution in [0.25, 0.3) is 16.6 Å². The first-order chi connectivity index (χ1) is 29.0. The first-order valence-electron chi connectivity index (χ1n) is 19.5. The maximum absolute atomic E-state index is 15.2. The highest BCUT2D eigenvalue weighted by Crippen LogP contribution is 2.61. The van der Waals surface area contributed by atoms with Gasteiger partial charge in [0.15, 0.2) is 34.6 Å². The highest BCUT2D eigenvalue weighted by atomic mass is 16.5. The topological polar surface area (TPSA) is 166 Å². The Balaban J connectivity index is 1.19. The van der Waals surface area contributed by atoms with E-state index in [-0.39, 0.29) is 60.3 Å². The lowest BCUT2D eigenvalue weighted by Gasteiger charge is -2.54. The fraction of sp³-hybridized carbons (Fsp3) is 0.261. The number of phenolic OH excluding ortho intramolecular Hbond substituents is 1. The predicted octanol–water partition coefficient (Wildman–Crippen LogP) is 4.49. The van der Waals surface area contributed by atoms with Gasteiger partial charge in [0, 0.05) is 49.6 Å². The van der Waals surface area contributed by atoms with Crippen LogP contribution in [0.1, 0.15) is 40.8 Å². The Morgan fingerprint density at radius 1 is 0.817 bits per heavy atom. The molecule has 14 nitrogen and oxygen atoms in total. The van der Waals surface area contributed by atoms with E-state index in [0.717, 1.165) is 4.57 Å². The molecule has 3 heterocycles. The molecule has 304 valence electrons. The number of ether oxygens (including phenoxy) is 3. The molecule has 0 unspecified atom stereocenters. The summed E-state index contributed by atoms with van der Waals surface area (Å²) in [6.45, 7) is -0.152. The molecule has 1 N–H and O–H groups in total. The van der Waals surface area contributed by atoms with Crippen molar-refractivity contribution >= 4 is 28.2 Å². The average molecular weight is 808 g/mol. The second-order valence-corrected chi connectivity index (χ2v) is 15.3. The monoisotopic (exact) mass is 807 g/mol. The number of ketones is 2. The number of fused-ring (bicyclic) bond motifs is 5. The van der Waals surface area contributed by atoms with Crippen molar-refractivity contribution in [2.75, 3.05) is 21.3 Å². The molecule has 0 amide bonds. The van der Waals surface area contributed by atoms with Gasteiger partial charge in [-0.2, -0.15) is 0 Å². The molecule has 0 bridgehead atoms. The molecule has 0 radical (unpaired) electrons. The predicted molar refractivity (Wildman–Crippen MR) is 222 cm³/mol. The van der Waals surface area contributed by atoms with E-state index in [2.05, 4.69) is 4.98 Å². The van der Waals surface area contributed by atoms with Gasteiger partial charge in [-0.25, -0.2) is 28.5 Å². The maximum atomic E-state index is 15.2. The Morgan fingerprint density at radius 3 is 2.20 bits per heavy atom. The van der Waals surface area contributed by atoms with E-state index >= 15 is 9.59 Å². The highest BCUT2D eigenvalue weighted by molar-refractivity contribution is 6.31. The van der Waals surface area contributed by atoms with Gasteiger partial charge in [0.25, 0.3) is 5.56 Å².